The van der Waals surface area contributed by atoms with Crippen molar-refractivity contribution in [2.24, 2.45) is 0 Å². The lowest BCUT2D eigenvalue weighted by Crippen LogP contribution is -2.42. The monoisotopic (exact) mass is 283 g/mol. The predicted octanol–water partition coefficient (Wildman–Crippen LogP) is 1.38. The number of pyridine rings is 1. The molecule has 1 aromatic rings. The van der Waals surface area contributed by atoms with Gasteiger partial charge in [0.05, 0.1) is 0 Å². The summed E-state index contributed by atoms with van der Waals surface area (Å²) in [6.45, 7) is 3.20. The average Bonchev–Trinajstić information content (AvgIpc) is 2.33. The second-order valence-electron chi connectivity index (χ2n) is 5.32. The van der Waals surface area contributed by atoms with Gasteiger partial charge in [0.25, 0.3) is 0 Å². The summed E-state index contributed by atoms with van der Waals surface area (Å²) in [6, 6.07) is 4.03. The van der Waals surface area contributed by atoms with E-state index in [4.69, 9.17) is 0 Å². The van der Waals surface area contributed by atoms with Crippen LogP contribution in [0.2, 0.25) is 0 Å². The summed E-state index contributed by atoms with van der Waals surface area (Å²) in [5.41, 5.74) is 0. The Morgan fingerprint density at radius 3 is 2.84 bits per heavy atom. The number of hydrogen-bond donors (Lipinski definition) is 1. The first kappa shape index (κ1) is 14.3. The topological polar surface area (TPSA) is 62.3 Å². The van der Waals surface area contributed by atoms with Gasteiger partial charge >= 0.3 is 0 Å². The van der Waals surface area contributed by atoms with Crippen LogP contribution in [0.5, 0.6) is 0 Å². The van der Waals surface area contributed by atoms with Crippen LogP contribution in [0, 0.1) is 0 Å². The summed E-state index contributed by atoms with van der Waals surface area (Å²) in [6.07, 6.45) is 4.83. The fourth-order valence-corrected chi connectivity index (χ4v) is 3.20. The van der Waals surface area contributed by atoms with E-state index in [-0.39, 0.29) is 10.9 Å². The van der Waals surface area contributed by atoms with Gasteiger partial charge in [-0.25, -0.2) is 13.4 Å². The van der Waals surface area contributed by atoms with Crippen LogP contribution in [0.15, 0.2) is 23.2 Å². The quantitative estimate of drug-likeness (QED) is 0.908. The highest BCUT2D eigenvalue weighted by Crippen LogP contribution is 2.23. The minimum Gasteiger partial charge on any atom is -0.366 e. The molecular formula is C13H21N3O2S. The van der Waals surface area contributed by atoms with Gasteiger partial charge in [-0.3, -0.25) is 0 Å². The molecule has 2 atom stereocenters. The Labute approximate surface area is 114 Å². The third kappa shape index (κ3) is 3.45. The van der Waals surface area contributed by atoms with Crippen LogP contribution in [0.3, 0.4) is 0 Å². The van der Waals surface area contributed by atoms with Gasteiger partial charge in [0.15, 0.2) is 9.84 Å². The Kier molecular flexibility index (Phi) is 4.10. The Balaban J connectivity index is 2.16. The molecule has 0 saturated carbocycles. The van der Waals surface area contributed by atoms with E-state index in [1.807, 2.05) is 0 Å². The number of likely N-dealkylation sites (tertiary alicyclic amines) is 1. The van der Waals surface area contributed by atoms with Gasteiger partial charge in [0.1, 0.15) is 10.7 Å². The fourth-order valence-electron chi connectivity index (χ4n) is 2.41. The standard InChI is InChI=1S/C13H21N3O2S/c1-10-9-11(6-8-16(10)2)15-13-12(19(3,17)18)5-4-7-14-13/h4-5,7,10-11H,6,8-9H2,1-3H3,(H,14,15). The first-order chi connectivity index (χ1) is 8.88. The summed E-state index contributed by atoms with van der Waals surface area (Å²) in [7, 11) is -1.13. The predicted molar refractivity (Wildman–Crippen MR) is 76.1 cm³/mol. The van der Waals surface area contributed by atoms with Crippen LogP contribution in [0.4, 0.5) is 5.82 Å². The van der Waals surface area contributed by atoms with E-state index in [1.165, 1.54) is 6.26 Å². The van der Waals surface area contributed by atoms with Gasteiger partial charge in [0, 0.05) is 31.1 Å². The highest BCUT2D eigenvalue weighted by molar-refractivity contribution is 7.90. The van der Waals surface area contributed by atoms with Crippen molar-refractivity contribution in [3.63, 3.8) is 0 Å². The van der Waals surface area contributed by atoms with Gasteiger partial charge < -0.3 is 10.2 Å². The van der Waals surface area contributed by atoms with Crippen molar-refractivity contribution in [3.8, 4) is 0 Å². The molecule has 1 aliphatic heterocycles. The molecule has 1 saturated heterocycles. The van der Waals surface area contributed by atoms with Crippen molar-refractivity contribution in [2.75, 3.05) is 25.2 Å². The van der Waals surface area contributed by atoms with Crippen molar-refractivity contribution in [1.82, 2.24) is 9.88 Å². The van der Waals surface area contributed by atoms with E-state index in [9.17, 15) is 8.42 Å². The second-order valence-corrected chi connectivity index (χ2v) is 7.30. The Morgan fingerprint density at radius 2 is 2.21 bits per heavy atom. The van der Waals surface area contributed by atoms with Crippen molar-refractivity contribution in [2.45, 2.75) is 36.7 Å². The summed E-state index contributed by atoms with van der Waals surface area (Å²) >= 11 is 0. The molecule has 0 spiro atoms. The molecule has 1 fully saturated rings. The lowest BCUT2D eigenvalue weighted by Gasteiger charge is -2.35. The minimum absolute atomic E-state index is 0.279. The summed E-state index contributed by atoms with van der Waals surface area (Å²) in [5.74, 6) is 0.478. The Bertz CT molecular complexity index is 545. The van der Waals surface area contributed by atoms with Gasteiger partial charge in [0.2, 0.25) is 0 Å². The largest absolute Gasteiger partial charge is 0.366 e. The molecule has 0 aliphatic carbocycles. The number of hydrogen-bond acceptors (Lipinski definition) is 5. The van der Waals surface area contributed by atoms with Crippen LogP contribution >= 0.6 is 0 Å². The molecule has 2 unspecified atom stereocenters. The maximum absolute atomic E-state index is 11.7. The van der Waals surface area contributed by atoms with Gasteiger partial charge in [-0.1, -0.05) is 0 Å². The highest BCUT2D eigenvalue weighted by Gasteiger charge is 2.24. The second kappa shape index (κ2) is 5.46. The van der Waals surface area contributed by atoms with Crippen LogP contribution < -0.4 is 5.32 Å². The number of nitrogens with one attached hydrogen (secondary N) is 1. The number of rotatable bonds is 3. The highest BCUT2D eigenvalue weighted by atomic mass is 32.2. The van der Waals surface area contributed by atoms with E-state index in [0.717, 1.165) is 19.4 Å². The van der Waals surface area contributed by atoms with E-state index < -0.39 is 9.84 Å². The zero-order valence-corrected chi connectivity index (χ0v) is 12.4. The summed E-state index contributed by atoms with van der Waals surface area (Å²) < 4.78 is 23.4. The Morgan fingerprint density at radius 1 is 1.47 bits per heavy atom. The molecule has 0 aromatic carbocycles. The SMILES string of the molecule is CC1CC(Nc2ncccc2S(C)(=O)=O)CCN1C. The third-order valence-corrected chi connectivity index (χ3v) is 4.85. The normalized spacial score (nSPS) is 25.2. The zero-order chi connectivity index (χ0) is 14.0. The lowest BCUT2D eigenvalue weighted by atomic mass is 9.99. The molecule has 0 amide bonds. The van der Waals surface area contributed by atoms with Crippen molar-refractivity contribution >= 4 is 15.7 Å². The minimum atomic E-state index is -3.24. The molecule has 1 aliphatic rings. The lowest BCUT2D eigenvalue weighted by molar-refractivity contribution is 0.190. The van der Waals surface area contributed by atoms with Gasteiger partial charge in [-0.15, -0.1) is 0 Å². The zero-order valence-electron chi connectivity index (χ0n) is 11.6. The molecule has 1 N–H and O–H groups in total. The van der Waals surface area contributed by atoms with Crippen LogP contribution in [0.25, 0.3) is 0 Å². The Hall–Kier alpha value is -1.14. The van der Waals surface area contributed by atoms with Crippen LogP contribution in [-0.2, 0) is 9.84 Å². The first-order valence-electron chi connectivity index (χ1n) is 6.50. The number of anilines is 1. The van der Waals surface area contributed by atoms with E-state index >= 15 is 0 Å². The summed E-state index contributed by atoms with van der Waals surface area (Å²) in [5, 5.41) is 3.29. The van der Waals surface area contributed by atoms with Crippen molar-refractivity contribution in [1.29, 1.82) is 0 Å². The number of sulfone groups is 1. The molecule has 6 heteroatoms. The van der Waals surface area contributed by atoms with Gasteiger partial charge in [-0.2, -0.15) is 0 Å². The molecule has 19 heavy (non-hydrogen) atoms. The molecule has 1 aromatic heterocycles. The van der Waals surface area contributed by atoms with E-state index in [2.05, 4.69) is 29.2 Å². The summed E-state index contributed by atoms with van der Waals surface area (Å²) in [4.78, 5) is 6.77. The molecule has 0 bridgehead atoms. The maximum atomic E-state index is 11.7. The van der Waals surface area contributed by atoms with E-state index in [0.29, 0.717) is 11.9 Å². The molecule has 2 heterocycles. The third-order valence-electron chi connectivity index (χ3n) is 3.72. The molecule has 106 valence electrons. The molecular weight excluding hydrogens is 262 g/mol. The van der Waals surface area contributed by atoms with Gasteiger partial charge in [-0.05, 0) is 38.9 Å². The molecule has 2 rings (SSSR count). The molecule has 5 nitrogen and oxygen atoms in total. The van der Waals surface area contributed by atoms with Crippen LogP contribution in [-0.4, -0.2) is 50.2 Å². The van der Waals surface area contributed by atoms with Crippen molar-refractivity contribution in [3.05, 3.63) is 18.3 Å². The van der Waals surface area contributed by atoms with Crippen molar-refractivity contribution < 1.29 is 8.42 Å². The number of aromatic nitrogens is 1. The maximum Gasteiger partial charge on any atom is 0.179 e. The molecule has 0 radical (unpaired) electrons. The number of nitrogens with zero attached hydrogens (tertiary/aromatic N) is 2. The smallest absolute Gasteiger partial charge is 0.179 e. The average molecular weight is 283 g/mol. The first-order valence-corrected chi connectivity index (χ1v) is 8.39. The van der Waals surface area contributed by atoms with Crippen LogP contribution in [0.1, 0.15) is 19.8 Å². The van der Waals surface area contributed by atoms with E-state index in [1.54, 1.807) is 18.3 Å². The number of piperidine rings is 1. The fraction of sp³-hybridized carbons (Fsp3) is 0.615.